The summed E-state index contributed by atoms with van der Waals surface area (Å²) in [5, 5.41) is 4.11. The third kappa shape index (κ3) is 1.39. The van der Waals surface area contributed by atoms with Crippen molar-refractivity contribution in [2.45, 2.75) is 62.8 Å². The number of nitrogens with zero attached hydrogens (tertiary/aromatic N) is 2. The van der Waals surface area contributed by atoms with Crippen LogP contribution in [-0.4, -0.2) is 10.1 Å². The maximum absolute atomic E-state index is 6.31. The van der Waals surface area contributed by atoms with Gasteiger partial charge in [0.1, 0.15) is 0 Å². The van der Waals surface area contributed by atoms with Gasteiger partial charge >= 0.3 is 0 Å². The van der Waals surface area contributed by atoms with E-state index < -0.39 is 0 Å². The molecule has 0 saturated heterocycles. The molecule has 4 nitrogen and oxygen atoms in total. The van der Waals surface area contributed by atoms with E-state index in [1.165, 1.54) is 19.3 Å². The topological polar surface area (TPSA) is 64.9 Å². The molecule has 1 aromatic heterocycles. The summed E-state index contributed by atoms with van der Waals surface area (Å²) >= 11 is 0. The molecule has 1 aromatic rings. The molecule has 16 heavy (non-hydrogen) atoms. The van der Waals surface area contributed by atoms with Gasteiger partial charge < -0.3 is 10.3 Å². The van der Waals surface area contributed by atoms with Crippen molar-refractivity contribution in [2.75, 3.05) is 0 Å². The Bertz CT molecular complexity index is 389. The minimum absolute atomic E-state index is 0.125. The summed E-state index contributed by atoms with van der Waals surface area (Å²) in [5.41, 5.74) is 6.12. The van der Waals surface area contributed by atoms with Crippen molar-refractivity contribution < 1.29 is 4.52 Å². The highest BCUT2D eigenvalue weighted by molar-refractivity contribution is 5.12. The maximum Gasteiger partial charge on any atom is 0.232 e. The van der Waals surface area contributed by atoms with E-state index in [9.17, 15) is 0 Å². The smallest absolute Gasteiger partial charge is 0.232 e. The van der Waals surface area contributed by atoms with Crippen LogP contribution >= 0.6 is 0 Å². The molecular weight excluding hydrogens is 202 g/mol. The van der Waals surface area contributed by atoms with E-state index in [0.717, 1.165) is 37.4 Å². The van der Waals surface area contributed by atoms with Gasteiger partial charge in [0.05, 0.1) is 5.54 Å². The zero-order valence-electron chi connectivity index (χ0n) is 9.83. The largest absolute Gasteiger partial charge is 0.339 e. The molecule has 0 aliphatic heterocycles. The van der Waals surface area contributed by atoms with Gasteiger partial charge in [0.25, 0.3) is 0 Å². The molecular formula is C12H19N3O. The van der Waals surface area contributed by atoms with E-state index >= 15 is 0 Å². The van der Waals surface area contributed by atoms with Crippen LogP contribution in [0.25, 0.3) is 0 Å². The second kappa shape index (κ2) is 3.29. The van der Waals surface area contributed by atoms with Gasteiger partial charge in [-0.15, -0.1) is 0 Å². The Morgan fingerprint density at radius 3 is 2.38 bits per heavy atom. The molecule has 4 heteroatoms. The van der Waals surface area contributed by atoms with Crippen LogP contribution in [0.15, 0.2) is 4.52 Å². The van der Waals surface area contributed by atoms with E-state index in [2.05, 4.69) is 17.1 Å². The lowest BCUT2D eigenvalue weighted by molar-refractivity contribution is 0.194. The molecule has 0 amide bonds. The van der Waals surface area contributed by atoms with Crippen LogP contribution in [0.4, 0.5) is 0 Å². The van der Waals surface area contributed by atoms with Gasteiger partial charge in [0, 0.05) is 5.41 Å². The fraction of sp³-hybridized carbons (Fsp3) is 0.833. The quantitative estimate of drug-likeness (QED) is 0.831. The van der Waals surface area contributed by atoms with Crippen LogP contribution in [0.3, 0.4) is 0 Å². The Morgan fingerprint density at radius 1 is 1.12 bits per heavy atom. The summed E-state index contributed by atoms with van der Waals surface area (Å²) in [6, 6.07) is 0. The standard InChI is InChI=1S/C12H19N3O/c1-11(5-4-6-11)10-14-9(15-16-10)12(13)7-2-3-8-12/h2-8,13H2,1H3. The first kappa shape index (κ1) is 10.3. The summed E-state index contributed by atoms with van der Waals surface area (Å²) in [6.45, 7) is 2.20. The van der Waals surface area contributed by atoms with Crippen molar-refractivity contribution in [3.63, 3.8) is 0 Å². The summed E-state index contributed by atoms with van der Waals surface area (Å²) < 4.78 is 5.41. The first-order valence-corrected chi connectivity index (χ1v) is 6.26. The molecule has 3 rings (SSSR count). The number of nitrogens with two attached hydrogens (primary N) is 1. The van der Waals surface area contributed by atoms with Gasteiger partial charge in [-0.25, -0.2) is 0 Å². The predicted molar refractivity (Wildman–Crippen MR) is 59.8 cm³/mol. The molecule has 1 heterocycles. The second-order valence-electron chi connectivity index (χ2n) is 5.70. The average molecular weight is 221 g/mol. The zero-order chi connectivity index (χ0) is 11.2. The second-order valence-corrected chi connectivity index (χ2v) is 5.70. The molecule has 0 radical (unpaired) electrons. The molecule has 2 aliphatic rings. The van der Waals surface area contributed by atoms with Crippen molar-refractivity contribution in [1.82, 2.24) is 10.1 Å². The van der Waals surface area contributed by atoms with Gasteiger partial charge in [0.15, 0.2) is 5.82 Å². The normalized spacial score (nSPS) is 26.6. The molecule has 0 atom stereocenters. The number of hydrogen-bond donors (Lipinski definition) is 1. The lowest BCUT2D eigenvalue weighted by Crippen LogP contribution is -2.35. The summed E-state index contributed by atoms with van der Waals surface area (Å²) in [4.78, 5) is 4.56. The molecule has 0 aromatic carbocycles. The van der Waals surface area contributed by atoms with Crippen molar-refractivity contribution in [3.05, 3.63) is 11.7 Å². The van der Waals surface area contributed by atoms with Crippen molar-refractivity contribution in [3.8, 4) is 0 Å². The Hall–Kier alpha value is -0.900. The van der Waals surface area contributed by atoms with Crippen molar-refractivity contribution >= 4 is 0 Å². The van der Waals surface area contributed by atoms with Crippen LogP contribution in [0.5, 0.6) is 0 Å². The van der Waals surface area contributed by atoms with Crippen molar-refractivity contribution in [2.24, 2.45) is 5.73 Å². The highest BCUT2D eigenvalue weighted by atomic mass is 16.5. The van der Waals surface area contributed by atoms with Crippen LogP contribution < -0.4 is 5.73 Å². The molecule has 0 spiro atoms. The van der Waals surface area contributed by atoms with E-state index in [0.29, 0.717) is 0 Å². The number of rotatable bonds is 2. The van der Waals surface area contributed by atoms with Crippen LogP contribution in [0.1, 0.15) is 63.6 Å². The van der Waals surface area contributed by atoms with Gasteiger partial charge in [-0.1, -0.05) is 31.3 Å². The monoisotopic (exact) mass is 221 g/mol. The van der Waals surface area contributed by atoms with Crippen LogP contribution in [-0.2, 0) is 11.0 Å². The predicted octanol–water partition coefficient (Wildman–Crippen LogP) is 2.24. The zero-order valence-corrected chi connectivity index (χ0v) is 9.83. The summed E-state index contributed by atoms with van der Waals surface area (Å²) in [5.74, 6) is 1.53. The third-order valence-electron chi connectivity index (χ3n) is 4.34. The van der Waals surface area contributed by atoms with Crippen molar-refractivity contribution in [1.29, 1.82) is 0 Å². The van der Waals surface area contributed by atoms with Gasteiger partial charge in [0.2, 0.25) is 5.89 Å². The Labute approximate surface area is 95.6 Å². The number of aromatic nitrogens is 2. The SMILES string of the molecule is CC1(c2nc(C3(N)CCCC3)no2)CCC1. The van der Waals surface area contributed by atoms with E-state index in [1.807, 2.05) is 0 Å². The maximum atomic E-state index is 6.31. The minimum Gasteiger partial charge on any atom is -0.339 e. The highest BCUT2D eigenvalue weighted by Crippen LogP contribution is 2.43. The molecule has 88 valence electrons. The average Bonchev–Trinajstić information content (AvgIpc) is 2.83. The molecule has 2 aliphatic carbocycles. The number of hydrogen-bond acceptors (Lipinski definition) is 4. The Balaban J connectivity index is 1.87. The van der Waals surface area contributed by atoms with Crippen LogP contribution in [0, 0.1) is 0 Å². The summed E-state index contributed by atoms with van der Waals surface area (Å²) in [6.07, 6.45) is 7.92. The lowest BCUT2D eigenvalue weighted by atomic mass is 9.70. The first-order valence-electron chi connectivity index (χ1n) is 6.26. The minimum atomic E-state index is -0.318. The van der Waals surface area contributed by atoms with E-state index in [4.69, 9.17) is 10.3 Å². The molecule has 0 unspecified atom stereocenters. The first-order chi connectivity index (χ1) is 7.62. The van der Waals surface area contributed by atoms with Gasteiger partial charge in [-0.3, -0.25) is 0 Å². The van der Waals surface area contributed by atoms with Gasteiger partial charge in [-0.05, 0) is 25.7 Å². The molecule has 2 fully saturated rings. The fourth-order valence-corrected chi connectivity index (χ4v) is 2.82. The molecule has 2 saturated carbocycles. The van der Waals surface area contributed by atoms with Gasteiger partial charge in [-0.2, -0.15) is 4.98 Å². The Morgan fingerprint density at radius 2 is 1.81 bits per heavy atom. The van der Waals surface area contributed by atoms with E-state index in [1.54, 1.807) is 0 Å². The van der Waals surface area contributed by atoms with Crippen LogP contribution in [0.2, 0.25) is 0 Å². The lowest BCUT2D eigenvalue weighted by Gasteiger charge is -2.34. The molecule has 2 N–H and O–H groups in total. The summed E-state index contributed by atoms with van der Waals surface area (Å²) in [7, 11) is 0. The Kier molecular flexibility index (Phi) is 2.11. The van der Waals surface area contributed by atoms with E-state index in [-0.39, 0.29) is 11.0 Å². The molecule has 0 bridgehead atoms. The fourth-order valence-electron chi connectivity index (χ4n) is 2.82. The third-order valence-corrected chi connectivity index (χ3v) is 4.34. The highest BCUT2D eigenvalue weighted by Gasteiger charge is 2.42.